The number of carbonyl (C=O) groups is 2. The number of carboxylic acid groups (broad SMARTS) is 1. The molecule has 1 unspecified atom stereocenters. The molecule has 5 nitrogen and oxygen atoms in total. The smallest absolute Gasteiger partial charge is 0.306 e. The zero-order valence-electron chi connectivity index (χ0n) is 11.4. The van der Waals surface area contributed by atoms with Gasteiger partial charge in [0.1, 0.15) is 0 Å². The maximum Gasteiger partial charge on any atom is 0.306 e. The molecule has 0 radical (unpaired) electrons. The highest BCUT2D eigenvalue weighted by atomic mass is 16.4. The van der Waals surface area contributed by atoms with Gasteiger partial charge in [-0.25, -0.2) is 0 Å². The molecule has 1 aliphatic rings. The molecule has 0 aromatic carbocycles. The number of aliphatic carboxylic acids is 1. The van der Waals surface area contributed by atoms with Crippen molar-refractivity contribution in [2.75, 3.05) is 13.1 Å². The molecule has 1 fully saturated rings. The highest BCUT2D eigenvalue weighted by Gasteiger charge is 2.37. The minimum Gasteiger partial charge on any atom is -0.481 e. The van der Waals surface area contributed by atoms with Crippen LogP contribution in [0, 0.1) is 25.7 Å². The highest BCUT2D eigenvalue weighted by Crippen LogP contribution is 2.26. The van der Waals surface area contributed by atoms with Crippen molar-refractivity contribution in [2.45, 2.75) is 20.8 Å². The van der Waals surface area contributed by atoms with Gasteiger partial charge in [-0.2, -0.15) is 0 Å². The van der Waals surface area contributed by atoms with Gasteiger partial charge in [-0.05, 0) is 26.0 Å². The molecule has 2 heterocycles. The number of likely N-dealkylation sites (tertiary alicyclic amines) is 1. The quantitative estimate of drug-likeness (QED) is 0.896. The van der Waals surface area contributed by atoms with Crippen LogP contribution in [0.5, 0.6) is 0 Å². The van der Waals surface area contributed by atoms with E-state index in [-0.39, 0.29) is 11.8 Å². The SMILES string of the molecule is Cc1ccc(C(=O)N2CC(C(C)C(=O)O)C2)c(C)n1. The molecule has 1 aromatic heterocycles. The van der Waals surface area contributed by atoms with Crippen molar-refractivity contribution in [2.24, 2.45) is 11.8 Å². The molecule has 0 saturated carbocycles. The van der Waals surface area contributed by atoms with Gasteiger partial charge in [-0.1, -0.05) is 6.92 Å². The first kappa shape index (κ1) is 13.5. The molecule has 0 spiro atoms. The van der Waals surface area contributed by atoms with Crippen LogP contribution in [0.1, 0.15) is 28.7 Å². The van der Waals surface area contributed by atoms with Crippen LogP contribution in [0.25, 0.3) is 0 Å². The number of hydrogen-bond acceptors (Lipinski definition) is 3. The molecule has 1 amide bonds. The number of carbonyl (C=O) groups excluding carboxylic acids is 1. The van der Waals surface area contributed by atoms with E-state index in [4.69, 9.17) is 5.11 Å². The summed E-state index contributed by atoms with van der Waals surface area (Å²) in [6.07, 6.45) is 0. The third-order valence-electron chi connectivity index (χ3n) is 3.75. The van der Waals surface area contributed by atoms with Gasteiger partial charge in [0, 0.05) is 24.7 Å². The number of amides is 1. The van der Waals surface area contributed by atoms with Gasteiger partial charge in [0.25, 0.3) is 5.91 Å². The van der Waals surface area contributed by atoms with Crippen molar-refractivity contribution < 1.29 is 14.7 Å². The molecule has 2 rings (SSSR count). The van der Waals surface area contributed by atoms with Gasteiger partial charge in [0.15, 0.2) is 0 Å². The molecule has 1 aromatic rings. The molecule has 1 atom stereocenters. The second-order valence-electron chi connectivity index (χ2n) is 5.18. The van der Waals surface area contributed by atoms with Gasteiger partial charge >= 0.3 is 5.97 Å². The van der Waals surface area contributed by atoms with E-state index >= 15 is 0 Å². The van der Waals surface area contributed by atoms with E-state index in [1.54, 1.807) is 17.9 Å². The predicted molar refractivity (Wildman–Crippen MR) is 69.9 cm³/mol. The lowest BCUT2D eigenvalue weighted by Crippen LogP contribution is -2.53. The van der Waals surface area contributed by atoms with Gasteiger partial charge < -0.3 is 10.0 Å². The van der Waals surface area contributed by atoms with Crippen LogP contribution in [-0.2, 0) is 4.79 Å². The van der Waals surface area contributed by atoms with E-state index in [2.05, 4.69) is 4.98 Å². The summed E-state index contributed by atoms with van der Waals surface area (Å²) < 4.78 is 0. The van der Waals surface area contributed by atoms with E-state index in [1.807, 2.05) is 19.9 Å². The van der Waals surface area contributed by atoms with Gasteiger partial charge in [0.05, 0.1) is 17.2 Å². The molecule has 102 valence electrons. The fraction of sp³-hybridized carbons (Fsp3) is 0.500. The third-order valence-corrected chi connectivity index (χ3v) is 3.75. The first-order chi connectivity index (χ1) is 8.90. The summed E-state index contributed by atoms with van der Waals surface area (Å²) in [6, 6.07) is 3.60. The molecule has 0 bridgehead atoms. The van der Waals surface area contributed by atoms with E-state index in [0.29, 0.717) is 18.7 Å². The standard InChI is InChI=1S/C14H18N2O3/c1-8-4-5-12(10(3)15-8)13(17)16-6-11(7-16)9(2)14(18)19/h4-5,9,11H,6-7H2,1-3H3,(H,18,19). The summed E-state index contributed by atoms with van der Waals surface area (Å²) in [7, 11) is 0. The second kappa shape index (κ2) is 4.99. The molecule has 0 aliphatic carbocycles. The Morgan fingerprint density at radius 3 is 2.53 bits per heavy atom. The number of rotatable bonds is 3. The van der Waals surface area contributed by atoms with E-state index < -0.39 is 11.9 Å². The van der Waals surface area contributed by atoms with E-state index in [0.717, 1.165) is 11.4 Å². The zero-order chi connectivity index (χ0) is 14.2. The Hall–Kier alpha value is -1.91. The van der Waals surface area contributed by atoms with Crippen LogP contribution in [0.3, 0.4) is 0 Å². The highest BCUT2D eigenvalue weighted by molar-refractivity contribution is 5.95. The van der Waals surface area contributed by atoms with Gasteiger partial charge in [0.2, 0.25) is 0 Å². The Labute approximate surface area is 112 Å². The summed E-state index contributed by atoms with van der Waals surface area (Å²) in [5.41, 5.74) is 2.21. The minimum absolute atomic E-state index is 0.0557. The van der Waals surface area contributed by atoms with Crippen molar-refractivity contribution in [1.82, 2.24) is 9.88 Å². The number of aryl methyl sites for hydroxylation is 2. The Bertz CT molecular complexity index is 521. The molecule has 1 aliphatic heterocycles. The summed E-state index contributed by atoms with van der Waals surface area (Å²) in [6.45, 7) is 6.42. The van der Waals surface area contributed by atoms with Gasteiger partial charge in [-0.15, -0.1) is 0 Å². The zero-order valence-corrected chi connectivity index (χ0v) is 11.4. The fourth-order valence-corrected chi connectivity index (χ4v) is 2.28. The molecular weight excluding hydrogens is 244 g/mol. The number of nitrogens with zero attached hydrogens (tertiary/aromatic N) is 2. The lowest BCUT2D eigenvalue weighted by Gasteiger charge is -2.41. The van der Waals surface area contributed by atoms with Gasteiger partial charge in [-0.3, -0.25) is 14.6 Å². The van der Waals surface area contributed by atoms with Crippen molar-refractivity contribution in [3.63, 3.8) is 0 Å². The summed E-state index contributed by atoms with van der Waals surface area (Å²) >= 11 is 0. The van der Waals surface area contributed by atoms with Crippen LogP contribution in [0.4, 0.5) is 0 Å². The molecule has 1 saturated heterocycles. The average Bonchev–Trinajstić information content (AvgIpc) is 2.26. The predicted octanol–water partition coefficient (Wildman–Crippen LogP) is 1.49. The van der Waals surface area contributed by atoms with Crippen molar-refractivity contribution >= 4 is 11.9 Å². The maximum atomic E-state index is 12.2. The van der Waals surface area contributed by atoms with E-state index in [9.17, 15) is 9.59 Å². The lowest BCUT2D eigenvalue weighted by atomic mass is 9.86. The first-order valence-corrected chi connectivity index (χ1v) is 6.36. The third kappa shape index (κ3) is 2.59. The Kier molecular flexibility index (Phi) is 3.55. The number of pyridine rings is 1. The number of aromatic nitrogens is 1. The monoisotopic (exact) mass is 262 g/mol. The average molecular weight is 262 g/mol. The Morgan fingerprint density at radius 1 is 1.37 bits per heavy atom. The Morgan fingerprint density at radius 2 is 2.00 bits per heavy atom. The van der Waals surface area contributed by atoms with Crippen LogP contribution in [-0.4, -0.2) is 40.0 Å². The van der Waals surface area contributed by atoms with E-state index in [1.165, 1.54) is 0 Å². The fourth-order valence-electron chi connectivity index (χ4n) is 2.28. The number of hydrogen-bond donors (Lipinski definition) is 1. The summed E-state index contributed by atoms with van der Waals surface area (Å²) in [5, 5.41) is 8.92. The topological polar surface area (TPSA) is 70.5 Å². The maximum absolute atomic E-state index is 12.2. The van der Waals surface area contributed by atoms with Crippen molar-refractivity contribution in [1.29, 1.82) is 0 Å². The molecule has 1 N–H and O–H groups in total. The minimum atomic E-state index is -0.801. The Balaban J connectivity index is 2.02. The summed E-state index contributed by atoms with van der Waals surface area (Å²) in [4.78, 5) is 29.1. The number of carboxylic acids is 1. The molecule has 19 heavy (non-hydrogen) atoms. The second-order valence-corrected chi connectivity index (χ2v) is 5.18. The van der Waals surface area contributed by atoms with Crippen LogP contribution in [0.15, 0.2) is 12.1 Å². The van der Waals surface area contributed by atoms with Crippen molar-refractivity contribution in [3.05, 3.63) is 29.1 Å². The largest absolute Gasteiger partial charge is 0.481 e. The van der Waals surface area contributed by atoms with Crippen LogP contribution >= 0.6 is 0 Å². The van der Waals surface area contributed by atoms with Crippen LogP contribution < -0.4 is 0 Å². The summed E-state index contributed by atoms with van der Waals surface area (Å²) in [5.74, 6) is -1.20. The van der Waals surface area contributed by atoms with Crippen LogP contribution in [0.2, 0.25) is 0 Å². The van der Waals surface area contributed by atoms with Crippen molar-refractivity contribution in [3.8, 4) is 0 Å². The molecule has 5 heteroatoms. The first-order valence-electron chi connectivity index (χ1n) is 6.36. The lowest BCUT2D eigenvalue weighted by molar-refractivity contribution is -0.144. The normalized spacial score (nSPS) is 16.9. The molecular formula is C14H18N2O3.